The van der Waals surface area contributed by atoms with Crippen LogP contribution in [0.2, 0.25) is 0 Å². The topological polar surface area (TPSA) is 81.7 Å². The molecule has 9 heteroatoms. The second-order valence-corrected chi connectivity index (χ2v) is 11.1. The Morgan fingerprint density at radius 2 is 1.76 bits per heavy atom. The Balaban J connectivity index is 1.28. The van der Waals surface area contributed by atoms with Crippen molar-refractivity contribution in [2.75, 3.05) is 50.1 Å². The predicted molar refractivity (Wildman–Crippen MR) is 149 cm³/mol. The van der Waals surface area contributed by atoms with E-state index in [1.54, 1.807) is 6.20 Å². The van der Waals surface area contributed by atoms with Gasteiger partial charge in [-0.2, -0.15) is 4.37 Å². The predicted octanol–water partition coefficient (Wildman–Crippen LogP) is 4.22. The summed E-state index contributed by atoms with van der Waals surface area (Å²) in [5.74, 6) is 0.140. The van der Waals surface area contributed by atoms with Gasteiger partial charge in [0.15, 0.2) is 0 Å². The number of carbonyl (C=O) groups excluding carboxylic acids is 2. The van der Waals surface area contributed by atoms with Crippen LogP contribution < -0.4 is 15.1 Å². The SMILES string of the molecule is Cc1nsc2ncc(C(=O)N3CCCCC3)c(N3CCC(C(=O)NCc4ccc(N(C)C)cc4)CC3)c12. The zero-order chi connectivity index (χ0) is 25.9. The number of benzene rings is 1. The molecule has 8 nitrogen and oxygen atoms in total. The number of nitrogens with one attached hydrogen (secondary N) is 1. The molecule has 0 aliphatic carbocycles. The number of fused-ring (bicyclic) bond motifs is 1. The normalized spacial score (nSPS) is 16.7. The van der Waals surface area contributed by atoms with Gasteiger partial charge in [0.2, 0.25) is 5.91 Å². The summed E-state index contributed by atoms with van der Waals surface area (Å²) in [6.07, 6.45) is 6.53. The van der Waals surface area contributed by atoms with Gasteiger partial charge in [-0.3, -0.25) is 9.59 Å². The van der Waals surface area contributed by atoms with Crippen LogP contribution in [0.25, 0.3) is 10.2 Å². The number of hydrogen-bond donors (Lipinski definition) is 1. The van der Waals surface area contributed by atoms with Gasteiger partial charge in [0.25, 0.3) is 5.91 Å². The third-order valence-corrected chi connectivity index (χ3v) is 8.47. The molecule has 3 aromatic rings. The summed E-state index contributed by atoms with van der Waals surface area (Å²) < 4.78 is 4.54. The first kappa shape index (κ1) is 25.4. The molecule has 2 fully saturated rings. The minimum Gasteiger partial charge on any atom is -0.378 e. The van der Waals surface area contributed by atoms with E-state index in [2.05, 4.69) is 48.7 Å². The fourth-order valence-corrected chi connectivity index (χ4v) is 6.15. The highest BCUT2D eigenvalue weighted by Crippen LogP contribution is 2.37. The van der Waals surface area contributed by atoms with Crippen LogP contribution in [-0.2, 0) is 11.3 Å². The molecule has 1 N–H and O–H groups in total. The Bertz CT molecular complexity index is 1260. The molecule has 0 radical (unpaired) electrons. The highest BCUT2D eigenvalue weighted by atomic mass is 32.1. The van der Waals surface area contributed by atoms with Gasteiger partial charge in [0.1, 0.15) is 4.83 Å². The average molecular weight is 521 g/mol. The number of anilines is 2. The van der Waals surface area contributed by atoms with E-state index in [1.807, 2.05) is 25.9 Å². The van der Waals surface area contributed by atoms with Gasteiger partial charge in [-0.1, -0.05) is 12.1 Å². The minimum atomic E-state index is -0.0300. The molecule has 2 amide bonds. The van der Waals surface area contributed by atoms with Crippen molar-refractivity contribution in [2.45, 2.75) is 45.6 Å². The summed E-state index contributed by atoms with van der Waals surface area (Å²) in [5, 5.41) is 4.11. The number of hydrogen-bond acceptors (Lipinski definition) is 7. The van der Waals surface area contributed by atoms with Gasteiger partial charge in [-0.05, 0) is 68.3 Å². The Kier molecular flexibility index (Phi) is 7.60. The number of amides is 2. The van der Waals surface area contributed by atoms with Crippen molar-refractivity contribution < 1.29 is 9.59 Å². The molecule has 5 rings (SSSR count). The molecule has 0 atom stereocenters. The summed E-state index contributed by atoms with van der Waals surface area (Å²) in [6.45, 7) is 5.58. The molecule has 2 aromatic heterocycles. The first-order valence-electron chi connectivity index (χ1n) is 13.3. The number of aryl methyl sites for hydroxylation is 1. The lowest BCUT2D eigenvalue weighted by Gasteiger charge is -2.35. The fraction of sp³-hybridized carbons (Fsp3) is 0.500. The van der Waals surface area contributed by atoms with Gasteiger partial charge in [0.05, 0.1) is 22.3 Å². The Morgan fingerprint density at radius 1 is 1.05 bits per heavy atom. The van der Waals surface area contributed by atoms with Crippen molar-refractivity contribution in [3.8, 4) is 0 Å². The first-order chi connectivity index (χ1) is 17.9. The second kappa shape index (κ2) is 11.0. The van der Waals surface area contributed by atoms with Crippen molar-refractivity contribution in [1.82, 2.24) is 19.6 Å². The monoisotopic (exact) mass is 520 g/mol. The van der Waals surface area contributed by atoms with Crippen molar-refractivity contribution in [2.24, 2.45) is 5.92 Å². The lowest BCUT2D eigenvalue weighted by Crippen LogP contribution is -2.42. The van der Waals surface area contributed by atoms with Crippen molar-refractivity contribution in [3.63, 3.8) is 0 Å². The van der Waals surface area contributed by atoms with E-state index in [9.17, 15) is 9.59 Å². The highest BCUT2D eigenvalue weighted by Gasteiger charge is 2.31. The Hall–Kier alpha value is -3.20. The van der Waals surface area contributed by atoms with Crippen LogP contribution in [0.5, 0.6) is 0 Å². The molecule has 0 saturated carbocycles. The standard InChI is InChI=1S/C28H36N6O2S/c1-19-24-25(23(18-30-27(24)37-31-19)28(36)34-13-5-4-6-14-34)33-15-11-21(12-16-33)26(35)29-17-20-7-9-22(10-8-20)32(2)3/h7-10,18,21H,4-6,11-17H2,1-3H3,(H,29,35). The van der Waals surface area contributed by atoms with E-state index in [1.165, 1.54) is 18.0 Å². The van der Waals surface area contributed by atoms with Crippen LogP contribution in [0.3, 0.4) is 0 Å². The molecule has 0 unspecified atom stereocenters. The lowest BCUT2D eigenvalue weighted by atomic mass is 9.94. The van der Waals surface area contributed by atoms with Crippen LogP contribution in [-0.4, -0.2) is 66.3 Å². The Labute approximate surface area is 222 Å². The van der Waals surface area contributed by atoms with Crippen LogP contribution in [0, 0.1) is 12.8 Å². The van der Waals surface area contributed by atoms with Crippen LogP contribution in [0.4, 0.5) is 11.4 Å². The molecule has 2 aliphatic heterocycles. The van der Waals surface area contributed by atoms with Crippen molar-refractivity contribution >= 4 is 44.9 Å². The van der Waals surface area contributed by atoms with Crippen LogP contribution in [0.1, 0.15) is 53.7 Å². The van der Waals surface area contributed by atoms with Gasteiger partial charge < -0.3 is 20.0 Å². The van der Waals surface area contributed by atoms with Gasteiger partial charge >= 0.3 is 0 Å². The largest absolute Gasteiger partial charge is 0.378 e. The summed E-state index contributed by atoms with van der Waals surface area (Å²) in [6, 6.07) is 8.26. The second-order valence-electron chi connectivity index (χ2n) is 10.4. The molecule has 37 heavy (non-hydrogen) atoms. The number of carbonyl (C=O) groups is 2. The molecular formula is C28H36N6O2S. The number of nitrogens with zero attached hydrogens (tertiary/aromatic N) is 5. The third-order valence-electron chi connectivity index (χ3n) is 7.62. The number of pyridine rings is 1. The average Bonchev–Trinajstić information content (AvgIpc) is 3.32. The third kappa shape index (κ3) is 5.42. The quantitative estimate of drug-likeness (QED) is 0.524. The van der Waals surface area contributed by atoms with Crippen LogP contribution >= 0.6 is 11.5 Å². The van der Waals surface area contributed by atoms with Crippen molar-refractivity contribution in [3.05, 3.63) is 47.3 Å². The highest BCUT2D eigenvalue weighted by molar-refractivity contribution is 7.13. The summed E-state index contributed by atoms with van der Waals surface area (Å²) in [5.41, 5.74) is 4.77. The molecule has 2 saturated heterocycles. The van der Waals surface area contributed by atoms with Crippen molar-refractivity contribution in [1.29, 1.82) is 0 Å². The van der Waals surface area contributed by atoms with E-state index in [0.29, 0.717) is 12.1 Å². The van der Waals surface area contributed by atoms with Crippen LogP contribution in [0.15, 0.2) is 30.5 Å². The number of aromatic nitrogens is 2. The fourth-order valence-electron chi connectivity index (χ4n) is 5.40. The summed E-state index contributed by atoms with van der Waals surface area (Å²) >= 11 is 1.38. The summed E-state index contributed by atoms with van der Waals surface area (Å²) in [7, 11) is 4.03. The van der Waals surface area contributed by atoms with E-state index < -0.39 is 0 Å². The maximum absolute atomic E-state index is 13.6. The van der Waals surface area contributed by atoms with Gasteiger partial charge in [-0.15, -0.1) is 0 Å². The zero-order valence-electron chi connectivity index (χ0n) is 22.0. The molecule has 2 aliphatic rings. The van der Waals surface area contributed by atoms with E-state index in [4.69, 9.17) is 0 Å². The van der Waals surface area contributed by atoms with E-state index >= 15 is 0 Å². The van der Waals surface area contributed by atoms with E-state index in [0.717, 1.165) is 84.7 Å². The zero-order valence-corrected chi connectivity index (χ0v) is 22.8. The number of rotatable bonds is 6. The van der Waals surface area contributed by atoms with E-state index in [-0.39, 0.29) is 17.7 Å². The lowest BCUT2D eigenvalue weighted by molar-refractivity contribution is -0.125. The molecular weight excluding hydrogens is 484 g/mol. The molecule has 0 bridgehead atoms. The molecule has 1 aromatic carbocycles. The number of likely N-dealkylation sites (tertiary alicyclic amines) is 1. The number of piperidine rings is 2. The maximum Gasteiger partial charge on any atom is 0.257 e. The van der Waals surface area contributed by atoms with Gasteiger partial charge in [0, 0.05) is 64.6 Å². The minimum absolute atomic E-state index is 0.0300. The summed E-state index contributed by atoms with van der Waals surface area (Å²) in [4.78, 5) is 38.3. The Morgan fingerprint density at radius 3 is 2.43 bits per heavy atom. The van der Waals surface area contributed by atoms with Gasteiger partial charge in [-0.25, -0.2) is 4.98 Å². The molecule has 196 valence electrons. The molecule has 0 spiro atoms. The maximum atomic E-state index is 13.6. The smallest absolute Gasteiger partial charge is 0.257 e. The molecule has 4 heterocycles. The first-order valence-corrected chi connectivity index (χ1v) is 14.0.